The van der Waals surface area contributed by atoms with E-state index < -0.39 is 0 Å². The summed E-state index contributed by atoms with van der Waals surface area (Å²) in [6.07, 6.45) is 9.16. The van der Waals surface area contributed by atoms with Crippen molar-refractivity contribution in [2.24, 2.45) is 5.73 Å². The van der Waals surface area contributed by atoms with Crippen molar-refractivity contribution in [2.75, 3.05) is 30.3 Å². The number of fused-ring (bicyclic) bond motifs is 1. The minimum absolute atomic E-state index is 0.109. The van der Waals surface area contributed by atoms with E-state index >= 15 is 0 Å². The Morgan fingerprint density at radius 1 is 0.872 bits per heavy atom. The van der Waals surface area contributed by atoms with Crippen molar-refractivity contribution in [3.05, 3.63) is 84.6 Å². The molecule has 240 valence electrons. The first-order valence-corrected chi connectivity index (χ1v) is 17.0. The number of aromatic nitrogens is 4. The summed E-state index contributed by atoms with van der Waals surface area (Å²) in [5, 5.41) is 0. The first-order valence-electron chi connectivity index (χ1n) is 17.0. The van der Waals surface area contributed by atoms with Crippen LogP contribution in [0.3, 0.4) is 0 Å². The van der Waals surface area contributed by atoms with Gasteiger partial charge in [0.1, 0.15) is 17.1 Å². The highest BCUT2D eigenvalue weighted by molar-refractivity contribution is 5.85. The molecule has 2 aromatic carbocycles. The monoisotopic (exact) mass is 626 g/mol. The van der Waals surface area contributed by atoms with Crippen LogP contribution in [-0.4, -0.2) is 61.9 Å². The van der Waals surface area contributed by atoms with Crippen molar-refractivity contribution in [3.8, 4) is 28.3 Å². The van der Waals surface area contributed by atoms with Gasteiger partial charge in [0.25, 0.3) is 0 Å². The molecule has 3 aromatic heterocycles. The molecule has 2 saturated heterocycles. The quantitative estimate of drug-likeness (QED) is 0.223. The molecule has 5 heterocycles. The summed E-state index contributed by atoms with van der Waals surface area (Å²) in [6, 6.07) is 25.7. The number of hydrogen-bond acceptors (Lipinski definition) is 8. The lowest BCUT2D eigenvalue weighted by Crippen LogP contribution is -2.48. The smallest absolute Gasteiger partial charge is 0.165 e. The van der Waals surface area contributed by atoms with Gasteiger partial charge in [0.05, 0.1) is 17.3 Å². The van der Waals surface area contributed by atoms with E-state index in [0.717, 1.165) is 97.4 Å². The fourth-order valence-electron chi connectivity index (χ4n) is 7.92. The molecule has 1 aliphatic carbocycles. The highest BCUT2D eigenvalue weighted by Gasteiger charge is 2.36. The van der Waals surface area contributed by atoms with Crippen molar-refractivity contribution in [3.63, 3.8) is 0 Å². The Bertz CT molecular complexity index is 1940. The number of carbonyl (C=O) groups excluding carboxylic acids is 1. The molecule has 9 heteroatoms. The van der Waals surface area contributed by atoms with Crippen molar-refractivity contribution in [2.45, 2.75) is 69.5 Å². The Labute approximate surface area is 275 Å². The highest BCUT2D eigenvalue weighted by Crippen LogP contribution is 2.39. The number of hydrogen-bond donors (Lipinski definition) is 2. The van der Waals surface area contributed by atoms with Gasteiger partial charge in [-0.2, -0.15) is 0 Å². The molecule has 9 nitrogen and oxygen atoms in total. The molecular formula is C38H42N8O. The molecule has 0 amide bonds. The van der Waals surface area contributed by atoms with Crippen LogP contribution in [0.1, 0.15) is 57.4 Å². The number of likely N-dealkylation sites (tertiary alicyclic amines) is 1. The number of carbonyl (C=O) groups is 1. The van der Waals surface area contributed by atoms with E-state index in [1.165, 1.54) is 12.1 Å². The molecule has 4 N–H and O–H groups in total. The lowest BCUT2D eigenvalue weighted by molar-refractivity contribution is -0.122. The number of rotatable bonds is 7. The average Bonchev–Trinajstić information content (AvgIpc) is 3.73. The van der Waals surface area contributed by atoms with Crippen LogP contribution in [-0.2, 0) is 10.3 Å². The zero-order valence-electron chi connectivity index (χ0n) is 27.0. The SMILES string of the molecule is CC(=O)[C@@H]1CCCN1C1CCN(c2cccc(-c3ccc4nc(-c5cccnc5N)n(-c5ccc(C6(N)CCC6)cc5)c4n3)c2)CC1. The van der Waals surface area contributed by atoms with E-state index in [1.807, 2.05) is 18.2 Å². The topological polar surface area (TPSA) is 119 Å². The van der Waals surface area contributed by atoms with Gasteiger partial charge in [0, 0.05) is 47.8 Å². The molecule has 1 saturated carbocycles. The number of nitrogens with zero attached hydrogens (tertiary/aromatic N) is 6. The third-order valence-electron chi connectivity index (χ3n) is 10.7. The third kappa shape index (κ3) is 5.37. The number of nitrogen functional groups attached to an aromatic ring is 1. The van der Waals surface area contributed by atoms with Crippen LogP contribution in [0.25, 0.3) is 39.5 Å². The van der Waals surface area contributed by atoms with Gasteiger partial charge in [-0.3, -0.25) is 14.3 Å². The number of pyridine rings is 2. The van der Waals surface area contributed by atoms with Crippen LogP contribution in [0, 0.1) is 0 Å². The number of Topliss-reactive ketones (excluding diaryl/α,β-unsaturated/α-hetero) is 1. The summed E-state index contributed by atoms with van der Waals surface area (Å²) >= 11 is 0. The fourth-order valence-corrected chi connectivity index (χ4v) is 7.92. The molecule has 5 aromatic rings. The summed E-state index contributed by atoms with van der Waals surface area (Å²) in [7, 11) is 0. The summed E-state index contributed by atoms with van der Waals surface area (Å²) in [5.74, 6) is 1.44. The van der Waals surface area contributed by atoms with Gasteiger partial charge in [0.15, 0.2) is 11.5 Å². The Morgan fingerprint density at radius 2 is 1.68 bits per heavy atom. The summed E-state index contributed by atoms with van der Waals surface area (Å²) in [6.45, 7) is 4.75. The Kier molecular flexibility index (Phi) is 7.53. The second kappa shape index (κ2) is 11.9. The van der Waals surface area contributed by atoms with Crippen LogP contribution in [0.2, 0.25) is 0 Å². The van der Waals surface area contributed by atoms with Crippen molar-refractivity contribution >= 4 is 28.5 Å². The van der Waals surface area contributed by atoms with E-state index in [4.69, 9.17) is 21.4 Å². The Balaban J connectivity index is 1.12. The van der Waals surface area contributed by atoms with Crippen LogP contribution in [0.15, 0.2) is 79.0 Å². The zero-order chi connectivity index (χ0) is 32.1. The van der Waals surface area contributed by atoms with Crippen molar-refractivity contribution < 1.29 is 4.79 Å². The van der Waals surface area contributed by atoms with E-state index in [-0.39, 0.29) is 11.6 Å². The Hall–Kier alpha value is -4.60. The molecular weight excluding hydrogens is 584 g/mol. The molecule has 3 aliphatic rings. The predicted octanol–water partition coefficient (Wildman–Crippen LogP) is 6.09. The number of nitrogens with two attached hydrogens (primary N) is 2. The zero-order valence-corrected chi connectivity index (χ0v) is 27.0. The van der Waals surface area contributed by atoms with Gasteiger partial charge < -0.3 is 16.4 Å². The molecule has 47 heavy (non-hydrogen) atoms. The van der Waals surface area contributed by atoms with Gasteiger partial charge in [-0.1, -0.05) is 24.3 Å². The number of anilines is 2. The third-order valence-corrected chi connectivity index (χ3v) is 10.7. The maximum atomic E-state index is 12.2. The number of ketones is 1. The van der Waals surface area contributed by atoms with Crippen LogP contribution >= 0.6 is 0 Å². The number of benzene rings is 2. The van der Waals surface area contributed by atoms with Gasteiger partial charge in [-0.25, -0.2) is 15.0 Å². The van der Waals surface area contributed by atoms with E-state index in [2.05, 4.69) is 73.9 Å². The normalized spacial score (nSPS) is 20.0. The molecule has 1 atom stereocenters. The minimum atomic E-state index is -0.233. The maximum Gasteiger partial charge on any atom is 0.165 e. The van der Waals surface area contributed by atoms with Gasteiger partial charge in [-0.05, 0) is 113 Å². The minimum Gasteiger partial charge on any atom is -0.383 e. The van der Waals surface area contributed by atoms with E-state index in [9.17, 15) is 4.79 Å². The second-order valence-electron chi connectivity index (χ2n) is 13.6. The molecule has 3 fully saturated rings. The number of piperidine rings is 1. The molecule has 0 radical (unpaired) electrons. The molecule has 2 aliphatic heterocycles. The standard InChI is InChI=1S/C38H42N8O/c1-25(47)34-9-4-21-45(34)28-16-22-44(23-17-28)30-7-2-6-26(24-30)32-14-15-33-37(42-32)46(36(43-33)31-8-3-20-41-35(31)39)29-12-10-27(11-13-29)38(40)18-5-19-38/h2-3,6-8,10-15,20,24,28,34H,4-5,9,16-19,21-23,40H2,1H3,(H2,39,41)/t34-/m0/s1. The van der Waals surface area contributed by atoms with Crippen LogP contribution in [0.4, 0.5) is 11.5 Å². The summed E-state index contributed by atoms with van der Waals surface area (Å²) in [5.41, 5.74) is 20.4. The lowest BCUT2D eigenvalue weighted by atomic mass is 9.73. The lowest BCUT2D eigenvalue weighted by Gasteiger charge is -2.39. The predicted molar refractivity (Wildman–Crippen MR) is 187 cm³/mol. The first-order chi connectivity index (χ1) is 22.9. The van der Waals surface area contributed by atoms with Crippen LogP contribution < -0.4 is 16.4 Å². The molecule has 8 rings (SSSR count). The van der Waals surface area contributed by atoms with E-state index in [0.29, 0.717) is 23.5 Å². The van der Waals surface area contributed by atoms with Gasteiger partial charge >= 0.3 is 0 Å². The summed E-state index contributed by atoms with van der Waals surface area (Å²) < 4.78 is 2.08. The average molecular weight is 627 g/mol. The molecule has 0 unspecified atom stereocenters. The van der Waals surface area contributed by atoms with Gasteiger partial charge in [-0.15, -0.1) is 0 Å². The summed E-state index contributed by atoms with van der Waals surface area (Å²) in [4.78, 5) is 31.8. The first kappa shape index (κ1) is 29.8. The second-order valence-corrected chi connectivity index (χ2v) is 13.6. The fraction of sp³-hybridized carbons (Fsp3) is 0.368. The van der Waals surface area contributed by atoms with Crippen molar-refractivity contribution in [1.29, 1.82) is 0 Å². The highest BCUT2D eigenvalue weighted by atomic mass is 16.1. The largest absolute Gasteiger partial charge is 0.383 e. The van der Waals surface area contributed by atoms with E-state index in [1.54, 1.807) is 13.1 Å². The van der Waals surface area contributed by atoms with Crippen LogP contribution in [0.5, 0.6) is 0 Å². The Morgan fingerprint density at radius 3 is 2.40 bits per heavy atom. The maximum absolute atomic E-state index is 12.2. The molecule has 0 spiro atoms. The molecule has 0 bridgehead atoms. The number of imidazole rings is 1. The van der Waals surface area contributed by atoms with Crippen molar-refractivity contribution in [1.82, 2.24) is 24.4 Å². The van der Waals surface area contributed by atoms with Gasteiger partial charge in [0.2, 0.25) is 0 Å².